The van der Waals surface area contributed by atoms with Gasteiger partial charge in [-0.1, -0.05) is 97.8 Å². The minimum Gasteiger partial charge on any atom is -0.462 e. The lowest BCUT2D eigenvalue weighted by atomic mass is 9.61. The van der Waals surface area contributed by atoms with Crippen LogP contribution in [0.3, 0.4) is 0 Å². The zero-order chi connectivity index (χ0) is 36.1. The summed E-state index contributed by atoms with van der Waals surface area (Å²) in [6.45, 7) is 22.6. The monoisotopic (exact) mass is 669 g/mol. The van der Waals surface area contributed by atoms with E-state index in [1.807, 2.05) is 32.9 Å². The Morgan fingerprint density at radius 2 is 1.60 bits per heavy atom. The SMILES string of the molecule is CC(=O)O[C@H]1CC(C)(C)C(=CCC(C)CCCC(C)/C=C\CCC(C)/C=C/C=C(\C)C(=O)C[C@@]23O[C@]2(C)C[C@@H](O)CC3(C)C)[C@](C)(O)C1. The van der Waals surface area contributed by atoms with Gasteiger partial charge in [0, 0.05) is 26.2 Å². The zero-order valence-corrected chi connectivity index (χ0v) is 32.2. The Hall–Kier alpha value is -2.02. The van der Waals surface area contributed by atoms with E-state index in [2.05, 4.69) is 72.8 Å². The second-order valence-corrected chi connectivity index (χ2v) is 17.6. The number of epoxide rings is 1. The highest BCUT2D eigenvalue weighted by Crippen LogP contribution is 2.67. The van der Waals surface area contributed by atoms with Crippen molar-refractivity contribution in [2.24, 2.45) is 28.6 Å². The Labute approximate surface area is 292 Å². The van der Waals surface area contributed by atoms with Crippen molar-refractivity contribution < 1.29 is 29.3 Å². The maximum atomic E-state index is 13.1. The predicted molar refractivity (Wildman–Crippen MR) is 195 cm³/mol. The highest BCUT2D eigenvalue weighted by molar-refractivity contribution is 5.96. The van der Waals surface area contributed by atoms with Gasteiger partial charge in [-0.15, -0.1) is 0 Å². The van der Waals surface area contributed by atoms with Crippen molar-refractivity contribution in [2.45, 2.75) is 176 Å². The normalized spacial score (nSPS) is 34.2. The summed E-state index contributed by atoms with van der Waals surface area (Å²) in [6.07, 6.45) is 21.9. The second kappa shape index (κ2) is 15.9. The molecule has 3 fully saturated rings. The third-order valence-electron chi connectivity index (χ3n) is 11.7. The lowest BCUT2D eigenvalue weighted by Gasteiger charge is -2.46. The summed E-state index contributed by atoms with van der Waals surface area (Å²) in [4.78, 5) is 24.6. The van der Waals surface area contributed by atoms with Crippen LogP contribution in [0.5, 0.6) is 0 Å². The van der Waals surface area contributed by atoms with Crippen molar-refractivity contribution in [2.75, 3.05) is 0 Å². The molecule has 6 nitrogen and oxygen atoms in total. The van der Waals surface area contributed by atoms with Crippen LogP contribution in [0.4, 0.5) is 0 Å². The molecule has 0 aromatic rings. The van der Waals surface area contributed by atoms with Crippen LogP contribution in [-0.4, -0.2) is 51.0 Å². The molecule has 1 saturated heterocycles. The molecule has 1 aliphatic heterocycles. The Bertz CT molecular complexity index is 1230. The van der Waals surface area contributed by atoms with Gasteiger partial charge in [0.25, 0.3) is 0 Å². The first-order valence-corrected chi connectivity index (χ1v) is 18.7. The van der Waals surface area contributed by atoms with E-state index in [9.17, 15) is 19.8 Å². The van der Waals surface area contributed by atoms with E-state index in [0.717, 1.165) is 43.3 Å². The minimum absolute atomic E-state index is 0.126. The molecule has 1 heterocycles. The summed E-state index contributed by atoms with van der Waals surface area (Å²) in [5.41, 5.74) is -0.466. The molecule has 2 saturated carbocycles. The number of ketones is 1. The standard InChI is InChI=1S/C42H68O6/c1-29(18-14-19-31(3)22-23-37-38(6,7)26-35(47-33(5)43)27-40(37,10)46)16-12-13-17-30(2)20-15-21-32(4)36(45)28-42-39(8,9)24-34(44)25-41(42,11)48-42/h12,15-16,20-21,23,29-31,34-35,44,46H,13-14,17-19,22,24-28H2,1-11H3/b16-12-,20-15+,32-21+,37-23?/t29?,30?,31?,34-,35-,40+,41+,42-/m0/s1. The first-order valence-electron chi connectivity index (χ1n) is 18.7. The number of Topliss-reactive ketones (excluding diaryl/α,β-unsaturated/α-hetero) is 1. The number of ether oxygens (including phenoxy) is 2. The topological polar surface area (TPSA) is 96.4 Å². The number of carbonyl (C=O) groups is 2. The molecule has 272 valence electrons. The van der Waals surface area contributed by atoms with Crippen LogP contribution < -0.4 is 0 Å². The maximum Gasteiger partial charge on any atom is 0.302 e. The number of carbonyl (C=O) groups excluding carboxylic acids is 2. The molecule has 48 heavy (non-hydrogen) atoms. The Morgan fingerprint density at radius 3 is 2.23 bits per heavy atom. The van der Waals surface area contributed by atoms with Crippen LogP contribution in [-0.2, 0) is 19.1 Å². The van der Waals surface area contributed by atoms with Crippen molar-refractivity contribution in [3.63, 3.8) is 0 Å². The maximum absolute atomic E-state index is 13.1. The largest absolute Gasteiger partial charge is 0.462 e. The molecule has 6 heteroatoms. The van der Waals surface area contributed by atoms with E-state index in [4.69, 9.17) is 9.47 Å². The van der Waals surface area contributed by atoms with Crippen LogP contribution in [0.15, 0.2) is 47.6 Å². The van der Waals surface area contributed by atoms with Gasteiger partial charge in [-0.3, -0.25) is 9.59 Å². The summed E-state index contributed by atoms with van der Waals surface area (Å²) in [5.74, 6) is 1.35. The van der Waals surface area contributed by atoms with Crippen LogP contribution in [0.1, 0.15) is 147 Å². The highest BCUT2D eigenvalue weighted by atomic mass is 16.6. The fourth-order valence-electron chi connectivity index (χ4n) is 8.96. The van der Waals surface area contributed by atoms with Crippen molar-refractivity contribution in [1.29, 1.82) is 0 Å². The highest BCUT2D eigenvalue weighted by Gasteiger charge is 2.76. The van der Waals surface area contributed by atoms with Crippen LogP contribution in [0.2, 0.25) is 0 Å². The first kappa shape index (κ1) is 40.4. The second-order valence-electron chi connectivity index (χ2n) is 17.6. The van der Waals surface area contributed by atoms with Gasteiger partial charge in [-0.05, 0) is 99.0 Å². The number of aliphatic hydroxyl groups is 2. The quantitative estimate of drug-likeness (QED) is 0.0559. The lowest BCUT2D eigenvalue weighted by molar-refractivity contribution is -0.152. The van der Waals surface area contributed by atoms with Crippen LogP contribution in [0, 0.1) is 28.6 Å². The number of fused-ring (bicyclic) bond motifs is 1. The van der Waals surface area contributed by atoms with Crippen molar-refractivity contribution >= 4 is 11.8 Å². The molecule has 3 rings (SSSR count). The molecular weight excluding hydrogens is 600 g/mol. The number of hydrogen-bond donors (Lipinski definition) is 2. The smallest absolute Gasteiger partial charge is 0.302 e. The Kier molecular flexibility index (Phi) is 13.4. The van der Waals surface area contributed by atoms with E-state index < -0.39 is 16.8 Å². The molecule has 0 bridgehead atoms. The van der Waals surface area contributed by atoms with Gasteiger partial charge >= 0.3 is 5.97 Å². The van der Waals surface area contributed by atoms with Gasteiger partial charge in [-0.2, -0.15) is 0 Å². The van der Waals surface area contributed by atoms with Crippen molar-refractivity contribution in [1.82, 2.24) is 0 Å². The number of hydrogen-bond acceptors (Lipinski definition) is 6. The van der Waals surface area contributed by atoms with Crippen LogP contribution in [0.25, 0.3) is 0 Å². The van der Waals surface area contributed by atoms with Gasteiger partial charge in [0.05, 0.1) is 17.3 Å². The van der Waals surface area contributed by atoms with E-state index in [0.29, 0.717) is 43.4 Å². The number of esters is 1. The third-order valence-corrected chi connectivity index (χ3v) is 11.7. The van der Waals surface area contributed by atoms with Gasteiger partial charge in [-0.25, -0.2) is 0 Å². The molecule has 0 aromatic heterocycles. The molecule has 2 aliphatic carbocycles. The molecular formula is C42H68O6. The average molecular weight is 669 g/mol. The molecule has 0 radical (unpaired) electrons. The van der Waals surface area contributed by atoms with Gasteiger partial charge in [0.2, 0.25) is 0 Å². The van der Waals surface area contributed by atoms with Gasteiger partial charge in [0.15, 0.2) is 5.78 Å². The summed E-state index contributed by atoms with van der Waals surface area (Å²) in [6, 6.07) is 0. The summed E-state index contributed by atoms with van der Waals surface area (Å²) >= 11 is 0. The first-order chi connectivity index (χ1) is 22.1. The van der Waals surface area contributed by atoms with E-state index in [1.165, 1.54) is 19.8 Å². The number of aliphatic hydroxyl groups excluding tert-OH is 1. The summed E-state index contributed by atoms with van der Waals surface area (Å²) in [7, 11) is 0. The summed E-state index contributed by atoms with van der Waals surface area (Å²) in [5, 5.41) is 21.5. The van der Waals surface area contributed by atoms with Crippen molar-refractivity contribution in [3.8, 4) is 0 Å². The zero-order valence-electron chi connectivity index (χ0n) is 32.2. The molecule has 0 aromatic carbocycles. The fraction of sp³-hybridized carbons (Fsp3) is 0.762. The van der Waals surface area contributed by atoms with E-state index in [-0.39, 0.29) is 34.8 Å². The average Bonchev–Trinajstić information content (AvgIpc) is 3.53. The predicted octanol–water partition coefficient (Wildman–Crippen LogP) is 9.39. The fourth-order valence-corrected chi connectivity index (χ4v) is 8.96. The molecule has 0 amide bonds. The molecule has 3 unspecified atom stereocenters. The lowest BCUT2D eigenvalue weighted by Crippen LogP contribution is -2.48. The Morgan fingerprint density at radius 1 is 0.938 bits per heavy atom. The molecule has 8 atom stereocenters. The van der Waals surface area contributed by atoms with Crippen molar-refractivity contribution in [3.05, 3.63) is 47.6 Å². The van der Waals surface area contributed by atoms with E-state index in [1.54, 1.807) is 0 Å². The summed E-state index contributed by atoms with van der Waals surface area (Å²) < 4.78 is 11.7. The van der Waals surface area contributed by atoms with Gasteiger partial charge in [0.1, 0.15) is 11.7 Å². The third kappa shape index (κ3) is 10.3. The van der Waals surface area contributed by atoms with E-state index >= 15 is 0 Å². The number of allylic oxidation sites excluding steroid dienone is 7. The van der Waals surface area contributed by atoms with Crippen LogP contribution >= 0.6 is 0 Å². The molecule has 2 N–H and O–H groups in total. The Balaban J connectivity index is 1.35. The number of rotatable bonds is 16. The molecule has 3 aliphatic rings. The minimum atomic E-state index is -0.962. The molecule has 0 spiro atoms. The van der Waals surface area contributed by atoms with Gasteiger partial charge < -0.3 is 19.7 Å².